The minimum absolute atomic E-state index is 0.0148. The van der Waals surface area contributed by atoms with E-state index in [4.69, 9.17) is 0 Å². The predicted octanol–water partition coefficient (Wildman–Crippen LogP) is 1.97. The van der Waals surface area contributed by atoms with E-state index in [1.807, 2.05) is 18.2 Å². The normalized spacial score (nSPS) is 25.6. The third kappa shape index (κ3) is 4.15. The van der Waals surface area contributed by atoms with E-state index in [1.165, 1.54) is 24.8 Å². The molecule has 3 N–H and O–H groups in total. The zero-order valence-corrected chi connectivity index (χ0v) is 14.8. The van der Waals surface area contributed by atoms with E-state index in [0.717, 1.165) is 19.5 Å². The van der Waals surface area contributed by atoms with Crippen LogP contribution in [-0.2, 0) is 4.79 Å². The smallest absolute Gasteiger partial charge is 0.238 e. The van der Waals surface area contributed by atoms with Crippen LogP contribution in [0.15, 0.2) is 30.3 Å². The Morgan fingerprint density at radius 3 is 2.58 bits per heavy atom. The molecule has 2 atom stereocenters. The molecule has 2 saturated heterocycles. The molecule has 24 heavy (non-hydrogen) atoms. The van der Waals surface area contributed by atoms with E-state index in [9.17, 15) is 4.79 Å². The molecule has 0 radical (unpaired) electrons. The molecule has 1 aromatic carbocycles. The highest BCUT2D eigenvalue weighted by atomic mass is 16.2. The van der Waals surface area contributed by atoms with Gasteiger partial charge in [0.05, 0.1) is 0 Å². The third-order valence-electron chi connectivity index (χ3n) is 5.33. The Morgan fingerprint density at radius 1 is 1.17 bits per heavy atom. The topological polar surface area (TPSA) is 56.4 Å². The summed E-state index contributed by atoms with van der Waals surface area (Å²) in [6.45, 7) is 7.43. The van der Waals surface area contributed by atoms with E-state index in [1.54, 1.807) is 0 Å². The van der Waals surface area contributed by atoms with E-state index in [0.29, 0.717) is 6.54 Å². The van der Waals surface area contributed by atoms with E-state index in [-0.39, 0.29) is 23.5 Å². The Morgan fingerprint density at radius 2 is 1.88 bits per heavy atom. The molecule has 0 aliphatic carbocycles. The quantitative estimate of drug-likeness (QED) is 0.773. The molecule has 0 spiro atoms. The van der Waals surface area contributed by atoms with Crippen LogP contribution in [0, 0.1) is 0 Å². The molecule has 0 bridgehead atoms. The van der Waals surface area contributed by atoms with Crippen molar-refractivity contribution in [2.75, 3.05) is 19.6 Å². The molecule has 3 rings (SSSR count). The lowest BCUT2D eigenvalue weighted by Gasteiger charge is -2.41. The van der Waals surface area contributed by atoms with Crippen LogP contribution >= 0.6 is 0 Å². The van der Waals surface area contributed by atoms with Crippen molar-refractivity contribution in [1.82, 2.24) is 21.1 Å². The lowest BCUT2D eigenvalue weighted by molar-refractivity contribution is -0.123. The summed E-state index contributed by atoms with van der Waals surface area (Å²) >= 11 is 0. The van der Waals surface area contributed by atoms with Crippen LogP contribution in [0.3, 0.4) is 0 Å². The number of hydrogen-bond acceptors (Lipinski definition) is 4. The maximum atomic E-state index is 12.5. The minimum Gasteiger partial charge on any atom is -0.353 e. The average Bonchev–Trinajstić information content (AvgIpc) is 3.11. The zero-order valence-electron chi connectivity index (χ0n) is 14.8. The number of likely N-dealkylation sites (tertiary alicyclic amines) is 1. The summed E-state index contributed by atoms with van der Waals surface area (Å²) in [7, 11) is 0. The van der Waals surface area contributed by atoms with Crippen molar-refractivity contribution in [3.05, 3.63) is 35.9 Å². The molecule has 5 nitrogen and oxygen atoms in total. The predicted molar refractivity (Wildman–Crippen MR) is 96.4 cm³/mol. The van der Waals surface area contributed by atoms with Crippen LogP contribution in [0.5, 0.6) is 0 Å². The van der Waals surface area contributed by atoms with Crippen molar-refractivity contribution in [2.45, 2.75) is 57.2 Å². The molecule has 2 aliphatic rings. The maximum absolute atomic E-state index is 12.5. The number of carbonyl (C=O) groups is 1. The molecule has 2 aliphatic heterocycles. The van der Waals surface area contributed by atoms with Gasteiger partial charge in [-0.3, -0.25) is 9.69 Å². The number of hydrogen-bond donors (Lipinski definition) is 3. The van der Waals surface area contributed by atoms with Crippen molar-refractivity contribution < 1.29 is 4.79 Å². The molecule has 1 amide bonds. The molecular weight excluding hydrogens is 300 g/mol. The van der Waals surface area contributed by atoms with Gasteiger partial charge in [-0.25, -0.2) is 10.9 Å². The van der Waals surface area contributed by atoms with Crippen molar-refractivity contribution in [1.29, 1.82) is 0 Å². The Balaban J connectivity index is 1.49. The number of piperidine rings is 1. The Labute approximate surface area is 145 Å². The van der Waals surface area contributed by atoms with Gasteiger partial charge in [0.1, 0.15) is 6.04 Å². The summed E-state index contributed by atoms with van der Waals surface area (Å²) in [5, 5.41) is 3.15. The molecule has 2 fully saturated rings. The fourth-order valence-corrected chi connectivity index (χ4v) is 3.67. The van der Waals surface area contributed by atoms with Gasteiger partial charge >= 0.3 is 0 Å². The highest BCUT2D eigenvalue weighted by Crippen LogP contribution is 2.23. The number of benzene rings is 1. The number of nitrogens with one attached hydrogen (secondary N) is 3. The highest BCUT2D eigenvalue weighted by molar-refractivity contribution is 5.82. The van der Waals surface area contributed by atoms with Gasteiger partial charge in [-0.1, -0.05) is 36.8 Å². The van der Waals surface area contributed by atoms with Gasteiger partial charge in [-0.05, 0) is 51.8 Å². The average molecular weight is 330 g/mol. The first-order valence-corrected chi connectivity index (χ1v) is 9.15. The van der Waals surface area contributed by atoms with Crippen LogP contribution in [0.4, 0.5) is 0 Å². The second-order valence-electron chi connectivity index (χ2n) is 7.62. The number of nitrogens with zero attached hydrogens (tertiary/aromatic N) is 1. The van der Waals surface area contributed by atoms with E-state index >= 15 is 0 Å². The lowest BCUT2D eigenvalue weighted by Crippen LogP contribution is -2.55. The van der Waals surface area contributed by atoms with Crippen LogP contribution in [0.2, 0.25) is 0 Å². The molecule has 2 unspecified atom stereocenters. The molecule has 1 aromatic rings. The second kappa shape index (κ2) is 7.64. The van der Waals surface area contributed by atoms with Gasteiger partial charge < -0.3 is 5.32 Å². The van der Waals surface area contributed by atoms with Crippen molar-refractivity contribution in [3.63, 3.8) is 0 Å². The number of hydrazine groups is 1. The minimum atomic E-state index is -0.174. The summed E-state index contributed by atoms with van der Waals surface area (Å²) in [6.07, 6.45) is 4.64. The monoisotopic (exact) mass is 330 g/mol. The van der Waals surface area contributed by atoms with Gasteiger partial charge in [0.2, 0.25) is 5.91 Å². The zero-order chi connectivity index (χ0) is 17.0. The number of rotatable bonds is 5. The van der Waals surface area contributed by atoms with Crippen LogP contribution in [-0.4, -0.2) is 42.0 Å². The first-order valence-electron chi connectivity index (χ1n) is 9.15. The summed E-state index contributed by atoms with van der Waals surface area (Å²) in [5.41, 5.74) is 7.62. The van der Waals surface area contributed by atoms with Crippen molar-refractivity contribution >= 4 is 5.91 Å². The number of amides is 1. The SMILES string of the molecule is CC(C)(CNC(=O)C1CC(c2ccccc2)NN1)N1CCCCC1. The molecule has 0 saturated carbocycles. The third-order valence-corrected chi connectivity index (χ3v) is 5.33. The largest absolute Gasteiger partial charge is 0.353 e. The molecule has 0 aromatic heterocycles. The van der Waals surface area contributed by atoms with Gasteiger partial charge in [-0.2, -0.15) is 0 Å². The molecule has 5 heteroatoms. The molecule has 2 heterocycles. The summed E-state index contributed by atoms with van der Waals surface area (Å²) in [5.74, 6) is 0.0889. The number of carbonyl (C=O) groups excluding carboxylic acids is 1. The van der Waals surface area contributed by atoms with Crippen molar-refractivity contribution in [3.8, 4) is 0 Å². The fraction of sp³-hybridized carbons (Fsp3) is 0.632. The Bertz CT molecular complexity index is 540. The summed E-state index contributed by atoms with van der Waals surface area (Å²) in [4.78, 5) is 15.0. The summed E-state index contributed by atoms with van der Waals surface area (Å²) < 4.78 is 0. The van der Waals surface area contributed by atoms with Gasteiger partial charge in [0, 0.05) is 18.1 Å². The Hall–Kier alpha value is -1.43. The van der Waals surface area contributed by atoms with E-state index in [2.05, 4.69) is 47.0 Å². The first kappa shape index (κ1) is 17.4. The maximum Gasteiger partial charge on any atom is 0.238 e. The lowest BCUT2D eigenvalue weighted by atomic mass is 9.98. The van der Waals surface area contributed by atoms with E-state index < -0.39 is 0 Å². The second-order valence-corrected chi connectivity index (χ2v) is 7.62. The van der Waals surface area contributed by atoms with Crippen LogP contribution in [0.1, 0.15) is 51.1 Å². The van der Waals surface area contributed by atoms with Crippen LogP contribution < -0.4 is 16.2 Å². The van der Waals surface area contributed by atoms with Gasteiger partial charge in [0.15, 0.2) is 0 Å². The Kier molecular flexibility index (Phi) is 5.54. The van der Waals surface area contributed by atoms with Crippen molar-refractivity contribution in [2.24, 2.45) is 0 Å². The van der Waals surface area contributed by atoms with Crippen LogP contribution in [0.25, 0.3) is 0 Å². The highest BCUT2D eigenvalue weighted by Gasteiger charge is 2.32. The standard InChI is InChI=1S/C19H30N4O/c1-19(2,23-11-7-4-8-12-23)14-20-18(24)17-13-16(21-22-17)15-9-5-3-6-10-15/h3,5-6,9-10,16-17,21-22H,4,7-8,11-14H2,1-2H3,(H,20,24). The summed E-state index contributed by atoms with van der Waals surface area (Å²) in [6, 6.07) is 10.3. The van der Waals surface area contributed by atoms with Gasteiger partial charge in [-0.15, -0.1) is 0 Å². The first-order chi connectivity index (χ1) is 11.6. The molecular formula is C19H30N4O. The fourth-order valence-electron chi connectivity index (χ4n) is 3.67. The van der Waals surface area contributed by atoms with Gasteiger partial charge in [0.25, 0.3) is 0 Å². The molecule has 132 valence electrons.